The number of ether oxygens (including phenoxy) is 1. The summed E-state index contributed by atoms with van der Waals surface area (Å²) in [6, 6.07) is 0. The quantitative estimate of drug-likeness (QED) is 0.0694. The molecule has 5 aliphatic heterocycles. The second-order valence-electron chi connectivity index (χ2n) is 17.8. The zero-order valence-electron chi connectivity index (χ0n) is 37.4. The first-order valence-corrected chi connectivity index (χ1v) is 23.4. The number of allylic oxidation sites excluding steroid dienone is 11. The Morgan fingerprint density at radius 1 is 0.733 bits per heavy atom. The van der Waals surface area contributed by atoms with Gasteiger partial charge in [-0.25, -0.2) is 15.0 Å². The molecule has 0 radical (unpaired) electrons. The number of esters is 1. The molecule has 0 unspecified atom stereocenters. The third-order valence-corrected chi connectivity index (χ3v) is 13.4. The molecule has 0 aromatic carbocycles. The molecule has 1 saturated heterocycles. The topological polar surface area (TPSA) is 133 Å². The summed E-state index contributed by atoms with van der Waals surface area (Å²) < 4.78 is 6.19. The van der Waals surface area contributed by atoms with E-state index in [0.29, 0.717) is 36.4 Å². The number of nitrogens with zero attached hydrogens (tertiary/aromatic N) is 3. The Labute approximate surface area is 359 Å². The molecular formula is C51H70N4O5. The number of fused-ring (bicyclic) bond motifs is 5. The maximum Gasteiger partial charge on any atom is 0.311 e. The van der Waals surface area contributed by atoms with E-state index in [0.717, 1.165) is 93.3 Å². The monoisotopic (exact) mass is 819 g/mol. The highest BCUT2D eigenvalue weighted by Crippen LogP contribution is 2.46. The third-order valence-electron chi connectivity index (χ3n) is 13.4. The molecule has 1 aliphatic carbocycles. The lowest BCUT2D eigenvalue weighted by Crippen LogP contribution is -2.15. The summed E-state index contributed by atoms with van der Waals surface area (Å²) in [6.07, 6.45) is 29.8. The lowest BCUT2D eigenvalue weighted by atomic mass is 9.86. The highest BCUT2D eigenvalue weighted by atomic mass is 16.5. The van der Waals surface area contributed by atoms with Crippen molar-refractivity contribution >= 4 is 29.1 Å². The molecule has 60 heavy (non-hydrogen) atoms. The molecule has 0 aromatic heterocycles. The number of nitrogens with one attached hydrogen (secondary N) is 1. The van der Waals surface area contributed by atoms with Crippen LogP contribution in [0.1, 0.15) is 183 Å². The Morgan fingerprint density at radius 3 is 1.92 bits per heavy atom. The summed E-state index contributed by atoms with van der Waals surface area (Å²) in [5.74, 6) is -0.551. The van der Waals surface area contributed by atoms with Crippen LogP contribution >= 0.6 is 0 Å². The number of hydrogen-bond donors (Lipinski definition) is 3. The van der Waals surface area contributed by atoms with Crippen LogP contribution in [0.2, 0.25) is 0 Å². The van der Waals surface area contributed by atoms with Gasteiger partial charge in [0, 0.05) is 59.2 Å². The number of carbonyl (C=O) groups is 2. The Bertz CT molecular complexity index is 2040. The molecule has 3 N–H and O–H groups in total. The fourth-order valence-corrected chi connectivity index (χ4v) is 9.65. The van der Waals surface area contributed by atoms with Crippen molar-refractivity contribution in [2.75, 3.05) is 0 Å². The van der Waals surface area contributed by atoms with Crippen LogP contribution in [-0.2, 0) is 14.3 Å². The van der Waals surface area contributed by atoms with E-state index in [2.05, 4.69) is 33.0 Å². The van der Waals surface area contributed by atoms with Gasteiger partial charge in [-0.3, -0.25) is 9.59 Å². The number of aliphatic imine (C=N–C) groups is 3. The smallest absolute Gasteiger partial charge is 0.311 e. The Balaban J connectivity index is 1.12. The van der Waals surface area contributed by atoms with Crippen LogP contribution in [0.3, 0.4) is 0 Å². The van der Waals surface area contributed by atoms with E-state index < -0.39 is 5.97 Å². The minimum atomic E-state index is -0.846. The molecular weight excluding hydrogens is 749 g/mol. The van der Waals surface area contributed by atoms with Crippen molar-refractivity contribution in [3.63, 3.8) is 0 Å². The first kappa shape index (κ1) is 45.0. The largest absolute Gasteiger partial charge is 0.511 e. The van der Waals surface area contributed by atoms with Crippen molar-refractivity contribution in [2.45, 2.75) is 183 Å². The number of aliphatic hydroxyl groups excluding tert-OH is 1. The summed E-state index contributed by atoms with van der Waals surface area (Å²) >= 11 is 0. The third kappa shape index (κ3) is 10.7. The lowest BCUT2D eigenvalue weighted by molar-refractivity contribution is -0.139. The Morgan fingerprint density at radius 2 is 1.32 bits per heavy atom. The predicted molar refractivity (Wildman–Crippen MR) is 244 cm³/mol. The number of carbonyl (C=O) groups excluding carboxylic acids is 1. The molecule has 5 heterocycles. The van der Waals surface area contributed by atoms with Gasteiger partial charge in [-0.1, -0.05) is 124 Å². The molecule has 6 rings (SSSR count). The number of hydrogen-bond acceptors (Lipinski definition) is 8. The van der Waals surface area contributed by atoms with E-state index in [1.165, 1.54) is 89.9 Å². The van der Waals surface area contributed by atoms with Crippen molar-refractivity contribution in [3.8, 4) is 0 Å². The first-order valence-electron chi connectivity index (χ1n) is 23.4. The average molecular weight is 819 g/mol. The van der Waals surface area contributed by atoms with Gasteiger partial charge in [0.05, 0.1) is 28.5 Å². The van der Waals surface area contributed by atoms with E-state index in [4.69, 9.17) is 19.7 Å². The fourth-order valence-electron chi connectivity index (χ4n) is 9.65. The van der Waals surface area contributed by atoms with Crippen LogP contribution < -0.4 is 5.32 Å². The zero-order valence-corrected chi connectivity index (χ0v) is 37.4. The van der Waals surface area contributed by atoms with Gasteiger partial charge in [0.25, 0.3) is 0 Å². The second-order valence-corrected chi connectivity index (χ2v) is 17.8. The molecule has 9 heteroatoms. The summed E-state index contributed by atoms with van der Waals surface area (Å²) in [5.41, 5.74) is 11.6. The highest BCUT2D eigenvalue weighted by molar-refractivity contribution is 6.21. The van der Waals surface area contributed by atoms with Crippen LogP contribution in [0, 0.1) is 11.8 Å². The first-order chi connectivity index (χ1) is 29.0. The number of carboxylic acid groups (broad SMARTS) is 1. The van der Waals surface area contributed by atoms with Crippen molar-refractivity contribution in [1.29, 1.82) is 0 Å². The fraction of sp³-hybridized carbons (Fsp3) is 0.588. The number of aliphatic hydroxyl groups is 1. The summed E-state index contributed by atoms with van der Waals surface area (Å²) in [7, 11) is 0. The summed E-state index contributed by atoms with van der Waals surface area (Å²) in [5, 5.41) is 24.7. The van der Waals surface area contributed by atoms with Gasteiger partial charge >= 0.3 is 11.9 Å². The maximum absolute atomic E-state index is 13.4. The van der Waals surface area contributed by atoms with Crippen molar-refractivity contribution in [3.05, 3.63) is 91.7 Å². The molecule has 9 nitrogen and oxygen atoms in total. The molecule has 8 bridgehead atoms. The number of unbranched alkanes of at least 4 members (excludes halogenated alkanes) is 16. The summed E-state index contributed by atoms with van der Waals surface area (Å²) in [6.45, 7) is 12.5. The number of rotatable bonds is 23. The van der Waals surface area contributed by atoms with Gasteiger partial charge in [-0.2, -0.15) is 0 Å². The molecule has 1 fully saturated rings. The Hall–Kier alpha value is -4.53. The van der Waals surface area contributed by atoms with E-state index in [9.17, 15) is 19.8 Å². The van der Waals surface area contributed by atoms with Crippen LogP contribution in [0.4, 0.5) is 0 Å². The Kier molecular flexibility index (Phi) is 16.0. The SMILES string of the molecule is CCCCCCCCCCCCCCCCCCCC(=O)OC1=C(C)C2=NC1=CC1=NC(=CC3=C(C)C4=C(O)CC(=C5NC(=C2)[C@@H](C)[C@@H]5CCC(=O)O)C4=N3)C(CC)=C1C. The number of carboxylic acids is 1. The van der Waals surface area contributed by atoms with Gasteiger partial charge in [0.15, 0.2) is 5.76 Å². The van der Waals surface area contributed by atoms with Gasteiger partial charge in [0.1, 0.15) is 11.5 Å². The standard InChI is InChI=1S/C51H70N4O5/c1-7-9-10-11-12-13-14-15-16-17-18-19-20-21-22-23-24-25-47(59)60-51-35(6)42-29-40-33(4)37(26-27-46(57)58)49(54-40)38-28-45(56)48-34(5)41(55-50(38)48)30-43-36(8-2)32(3)39(52-43)31-44(51)53-42/h29-31,33,37,54,56H,7-28H2,1-6H3,(H,57,58)/t33-,37-/m0/s1. The minimum Gasteiger partial charge on any atom is -0.511 e. The van der Waals surface area contributed by atoms with Crippen molar-refractivity contribution < 1.29 is 24.5 Å². The van der Waals surface area contributed by atoms with Crippen LogP contribution in [0.15, 0.2) is 107 Å². The normalized spacial score (nSPS) is 20.8. The molecule has 0 spiro atoms. The van der Waals surface area contributed by atoms with Crippen LogP contribution in [0.25, 0.3) is 0 Å². The molecule has 6 aliphatic rings. The molecule has 2 atom stereocenters. The molecule has 0 saturated carbocycles. The minimum absolute atomic E-state index is 0.0199. The van der Waals surface area contributed by atoms with Gasteiger partial charge in [-0.05, 0) is 75.0 Å². The molecule has 0 aromatic rings. The lowest BCUT2D eigenvalue weighted by Gasteiger charge is -2.17. The van der Waals surface area contributed by atoms with Crippen molar-refractivity contribution in [1.82, 2.24) is 5.32 Å². The van der Waals surface area contributed by atoms with E-state index in [-0.39, 0.29) is 30.0 Å². The van der Waals surface area contributed by atoms with E-state index in [1.54, 1.807) is 0 Å². The average Bonchev–Trinajstić information content (AvgIpc) is 3.97. The van der Waals surface area contributed by atoms with Crippen molar-refractivity contribution in [2.24, 2.45) is 26.8 Å². The van der Waals surface area contributed by atoms with Gasteiger partial charge in [0.2, 0.25) is 0 Å². The van der Waals surface area contributed by atoms with E-state index in [1.807, 2.05) is 32.1 Å². The van der Waals surface area contributed by atoms with Crippen LogP contribution in [0.5, 0.6) is 0 Å². The van der Waals surface area contributed by atoms with E-state index >= 15 is 0 Å². The molecule has 0 amide bonds. The highest BCUT2D eigenvalue weighted by Gasteiger charge is 2.41. The van der Waals surface area contributed by atoms with Gasteiger partial charge in [-0.15, -0.1) is 0 Å². The second kappa shape index (κ2) is 21.3. The zero-order chi connectivity index (χ0) is 42.8. The van der Waals surface area contributed by atoms with Gasteiger partial charge < -0.3 is 20.3 Å². The summed E-state index contributed by atoms with van der Waals surface area (Å²) in [4.78, 5) is 40.5. The van der Waals surface area contributed by atoms with Crippen LogP contribution in [-0.4, -0.2) is 39.3 Å². The maximum atomic E-state index is 13.4. The number of aliphatic carboxylic acids is 1. The molecule has 324 valence electrons. The predicted octanol–water partition coefficient (Wildman–Crippen LogP) is 13.1.